The third kappa shape index (κ3) is 8.81. The second-order valence-corrected chi connectivity index (χ2v) is 14.6. The lowest BCUT2D eigenvalue weighted by Gasteiger charge is -2.34. The number of aryl methyl sites for hydroxylation is 2. The Hall–Kier alpha value is -4.90. The maximum absolute atomic E-state index is 14.8. The van der Waals surface area contributed by atoms with Gasteiger partial charge in [0.25, 0.3) is 10.0 Å². The van der Waals surface area contributed by atoms with Gasteiger partial charge in [-0.15, -0.1) is 0 Å². The Morgan fingerprint density at radius 3 is 2.10 bits per heavy atom. The van der Waals surface area contributed by atoms with Crippen LogP contribution < -0.4 is 19.1 Å². The van der Waals surface area contributed by atoms with Gasteiger partial charge in [-0.2, -0.15) is 0 Å². The van der Waals surface area contributed by atoms with Crippen molar-refractivity contribution in [2.75, 3.05) is 25.1 Å². The quantitative estimate of drug-likeness (QED) is 0.164. The molecule has 2 amide bonds. The van der Waals surface area contributed by atoms with E-state index in [1.807, 2.05) is 50.2 Å². The molecule has 0 spiro atoms. The number of sulfonamides is 1. The van der Waals surface area contributed by atoms with Crippen molar-refractivity contribution in [3.8, 4) is 11.5 Å². The van der Waals surface area contributed by atoms with E-state index in [-0.39, 0.29) is 35.6 Å². The number of carbonyl (C=O) groups excluding carboxylic acids is 2. The van der Waals surface area contributed by atoms with Crippen molar-refractivity contribution in [1.29, 1.82) is 0 Å². The Morgan fingerprint density at radius 1 is 0.840 bits per heavy atom. The molecule has 1 unspecified atom stereocenters. The Bertz CT molecular complexity index is 1880. The zero-order valence-electron chi connectivity index (χ0n) is 28.9. The van der Waals surface area contributed by atoms with E-state index in [1.54, 1.807) is 24.3 Å². The molecule has 1 N–H and O–H groups in total. The summed E-state index contributed by atoms with van der Waals surface area (Å²) in [5, 5.41) is 3.16. The Balaban J connectivity index is 1.60. The van der Waals surface area contributed by atoms with Crippen molar-refractivity contribution in [2.45, 2.75) is 69.5 Å². The van der Waals surface area contributed by atoms with Crippen LogP contribution in [0, 0.1) is 19.7 Å². The van der Waals surface area contributed by atoms with Crippen molar-refractivity contribution >= 4 is 27.5 Å². The van der Waals surface area contributed by atoms with E-state index in [4.69, 9.17) is 9.47 Å². The second-order valence-electron chi connectivity index (χ2n) is 12.7. The first-order chi connectivity index (χ1) is 24.0. The summed E-state index contributed by atoms with van der Waals surface area (Å²) >= 11 is 0. The molecule has 1 saturated carbocycles. The van der Waals surface area contributed by atoms with Gasteiger partial charge in [-0.25, -0.2) is 12.8 Å². The van der Waals surface area contributed by atoms with Gasteiger partial charge >= 0.3 is 0 Å². The molecule has 50 heavy (non-hydrogen) atoms. The van der Waals surface area contributed by atoms with Crippen molar-refractivity contribution in [3.05, 3.63) is 119 Å². The van der Waals surface area contributed by atoms with E-state index < -0.39 is 34.3 Å². The Kier molecular flexibility index (Phi) is 11.8. The summed E-state index contributed by atoms with van der Waals surface area (Å²) < 4.78 is 54.9. The molecule has 4 aromatic rings. The number of carbonyl (C=O) groups is 2. The third-order valence-corrected chi connectivity index (χ3v) is 10.7. The van der Waals surface area contributed by atoms with Crippen LogP contribution in [0.5, 0.6) is 11.5 Å². The van der Waals surface area contributed by atoms with Crippen molar-refractivity contribution in [1.82, 2.24) is 10.2 Å². The van der Waals surface area contributed by atoms with Crippen LogP contribution in [-0.4, -0.2) is 58.0 Å². The van der Waals surface area contributed by atoms with Gasteiger partial charge in [0.1, 0.15) is 18.4 Å². The molecule has 0 radical (unpaired) electrons. The molecule has 9 nitrogen and oxygen atoms in total. The maximum atomic E-state index is 14.8. The van der Waals surface area contributed by atoms with Crippen LogP contribution in [0.1, 0.15) is 47.9 Å². The highest BCUT2D eigenvalue weighted by Crippen LogP contribution is 2.33. The average Bonchev–Trinajstić information content (AvgIpc) is 3.62. The summed E-state index contributed by atoms with van der Waals surface area (Å²) in [6.07, 6.45) is 3.90. The van der Waals surface area contributed by atoms with Gasteiger partial charge in [0.05, 0.1) is 24.8 Å². The van der Waals surface area contributed by atoms with Gasteiger partial charge in [0, 0.05) is 25.1 Å². The minimum atomic E-state index is -4.38. The van der Waals surface area contributed by atoms with Crippen LogP contribution in [0.4, 0.5) is 10.1 Å². The van der Waals surface area contributed by atoms with Gasteiger partial charge in [-0.05, 0) is 85.3 Å². The molecule has 4 aromatic carbocycles. The van der Waals surface area contributed by atoms with Gasteiger partial charge in [0.2, 0.25) is 11.8 Å². The fraction of sp³-hybridized carbons (Fsp3) is 0.333. The molecule has 11 heteroatoms. The van der Waals surface area contributed by atoms with Crippen LogP contribution in [0.25, 0.3) is 0 Å². The number of ether oxygens (including phenoxy) is 2. The number of hydrogen-bond donors (Lipinski definition) is 1. The molecule has 0 aliphatic heterocycles. The summed E-state index contributed by atoms with van der Waals surface area (Å²) in [5.74, 6) is -0.793. The first kappa shape index (κ1) is 36.4. The van der Waals surface area contributed by atoms with E-state index in [1.165, 1.54) is 49.5 Å². The number of nitrogens with one attached hydrogen (secondary N) is 1. The number of anilines is 1. The number of benzene rings is 4. The fourth-order valence-electron chi connectivity index (χ4n) is 6.44. The molecule has 264 valence electrons. The van der Waals surface area contributed by atoms with Crippen molar-refractivity contribution in [2.24, 2.45) is 0 Å². The molecule has 0 bridgehead atoms. The zero-order valence-corrected chi connectivity index (χ0v) is 29.7. The van der Waals surface area contributed by atoms with Crippen molar-refractivity contribution < 1.29 is 31.9 Å². The number of nitrogens with zero attached hydrogens (tertiary/aromatic N) is 2. The molecule has 1 fully saturated rings. The summed E-state index contributed by atoms with van der Waals surface area (Å²) in [5.41, 5.74) is 3.33. The van der Waals surface area contributed by atoms with Crippen LogP contribution in [0.15, 0.2) is 95.9 Å². The predicted molar refractivity (Wildman–Crippen MR) is 191 cm³/mol. The molecule has 0 saturated heterocycles. The monoisotopic (exact) mass is 701 g/mol. The summed E-state index contributed by atoms with van der Waals surface area (Å²) in [6.45, 7) is 3.04. The Labute approximate surface area is 294 Å². The SMILES string of the molecule is COc1ccc(S(=O)(=O)N(CC(=O)N(Cc2ccc(F)cc2)C(Cc2ccccc2)C(=O)NC2CCCC2)c2cc(C)cc(C)c2)cc1OC. The van der Waals surface area contributed by atoms with Crippen molar-refractivity contribution in [3.63, 3.8) is 0 Å². The molecule has 1 aliphatic carbocycles. The first-order valence-corrected chi connectivity index (χ1v) is 18.1. The largest absolute Gasteiger partial charge is 0.493 e. The van der Waals surface area contributed by atoms with Gasteiger partial charge in [-0.3, -0.25) is 13.9 Å². The number of halogens is 1. The molecular formula is C39H44FN3O6S. The number of hydrogen-bond acceptors (Lipinski definition) is 6. The van der Waals surface area contributed by atoms with E-state index in [2.05, 4.69) is 5.32 Å². The average molecular weight is 702 g/mol. The molecule has 0 aromatic heterocycles. The van der Waals surface area contributed by atoms with Crippen LogP contribution in [0.3, 0.4) is 0 Å². The molecular weight excluding hydrogens is 658 g/mol. The highest BCUT2D eigenvalue weighted by atomic mass is 32.2. The molecule has 1 atom stereocenters. The van der Waals surface area contributed by atoms with Gasteiger partial charge < -0.3 is 19.7 Å². The standard InChI is InChI=1S/C39H44FN3O6S/c1-27-20-28(2)22-33(21-27)43(50(46,47)34-18-19-36(48-3)37(24-34)49-4)26-38(44)42(25-30-14-16-31(40)17-15-30)35(23-29-10-6-5-7-11-29)39(45)41-32-12-8-9-13-32/h5-7,10-11,14-22,24,32,35H,8-9,12-13,23,25-26H2,1-4H3,(H,41,45). The number of amides is 2. The number of rotatable bonds is 14. The minimum absolute atomic E-state index is 0.0132. The Morgan fingerprint density at radius 2 is 1.48 bits per heavy atom. The highest BCUT2D eigenvalue weighted by Gasteiger charge is 2.36. The van der Waals surface area contributed by atoms with E-state index in [9.17, 15) is 22.4 Å². The zero-order chi connectivity index (χ0) is 35.8. The highest BCUT2D eigenvalue weighted by molar-refractivity contribution is 7.92. The smallest absolute Gasteiger partial charge is 0.264 e. The second kappa shape index (κ2) is 16.2. The third-order valence-electron chi connectivity index (χ3n) is 8.96. The summed E-state index contributed by atoms with van der Waals surface area (Å²) in [7, 11) is -1.51. The predicted octanol–water partition coefficient (Wildman–Crippen LogP) is 6.35. The fourth-order valence-corrected chi connectivity index (χ4v) is 7.85. The lowest BCUT2D eigenvalue weighted by atomic mass is 10.0. The maximum Gasteiger partial charge on any atom is 0.264 e. The van der Waals surface area contributed by atoms with Crippen LogP contribution >= 0.6 is 0 Å². The lowest BCUT2D eigenvalue weighted by Crippen LogP contribution is -2.54. The van der Waals surface area contributed by atoms with Crippen LogP contribution in [-0.2, 0) is 32.6 Å². The molecule has 1 aliphatic rings. The van der Waals surface area contributed by atoms with E-state index in [0.717, 1.165) is 46.7 Å². The molecule has 5 rings (SSSR count). The number of methoxy groups -OCH3 is 2. The summed E-state index contributed by atoms with van der Waals surface area (Å²) in [6, 6.07) is 23.7. The first-order valence-electron chi connectivity index (χ1n) is 16.7. The summed E-state index contributed by atoms with van der Waals surface area (Å²) in [4.78, 5) is 30.2. The van der Waals surface area contributed by atoms with Crippen LogP contribution in [0.2, 0.25) is 0 Å². The molecule has 0 heterocycles. The van der Waals surface area contributed by atoms with E-state index >= 15 is 0 Å². The van der Waals surface area contributed by atoms with Gasteiger partial charge in [-0.1, -0.05) is 61.4 Å². The topological polar surface area (TPSA) is 105 Å². The minimum Gasteiger partial charge on any atom is -0.493 e. The van der Waals surface area contributed by atoms with E-state index in [0.29, 0.717) is 17.0 Å². The normalized spacial score (nSPS) is 13.8. The van der Waals surface area contributed by atoms with Gasteiger partial charge in [0.15, 0.2) is 11.5 Å². The lowest BCUT2D eigenvalue weighted by molar-refractivity contribution is -0.140.